The van der Waals surface area contributed by atoms with Crippen LogP contribution in [-0.2, 0) is 24.2 Å². The molecule has 2 aromatic heterocycles. The Balaban J connectivity index is 1.27. The number of aryl methyl sites for hydroxylation is 1. The summed E-state index contributed by atoms with van der Waals surface area (Å²) in [6.07, 6.45) is 7.58. The second kappa shape index (κ2) is 10.1. The Bertz CT molecular complexity index is 1510. The van der Waals surface area contributed by atoms with Crippen molar-refractivity contribution in [2.24, 2.45) is 5.92 Å². The minimum atomic E-state index is -0.578. The van der Waals surface area contributed by atoms with Crippen LogP contribution in [0.4, 0.5) is 20.3 Å². The zero-order chi connectivity index (χ0) is 26.2. The molecule has 4 aromatic rings. The summed E-state index contributed by atoms with van der Waals surface area (Å²) in [4.78, 5) is 23.5. The third-order valence-corrected chi connectivity index (χ3v) is 7.86. The van der Waals surface area contributed by atoms with Crippen molar-refractivity contribution < 1.29 is 13.6 Å². The quantitative estimate of drug-likeness (QED) is 0.395. The van der Waals surface area contributed by atoms with E-state index >= 15 is 0 Å². The molecule has 196 valence electrons. The van der Waals surface area contributed by atoms with Crippen molar-refractivity contribution in [3.63, 3.8) is 0 Å². The maximum Gasteiger partial charge on any atom is 0.231 e. The molecule has 0 saturated carbocycles. The average molecular weight is 517 g/mol. The number of nitrogen functional groups attached to an aromatic ring is 1. The molecule has 1 amide bonds. The van der Waals surface area contributed by atoms with E-state index in [1.54, 1.807) is 4.90 Å². The molecular weight excluding hydrogens is 486 g/mol. The SMILES string of the molecule is Nc1ncnc2c1c(-c1ccc3c(c1)CCN3C(=O)Cc1cc(F)ccc1F)cn2CCC1CCNCC1. The van der Waals surface area contributed by atoms with E-state index in [9.17, 15) is 13.6 Å². The molecule has 1 fully saturated rings. The molecular formula is C29H30F2N6O. The summed E-state index contributed by atoms with van der Waals surface area (Å²) in [6, 6.07) is 9.18. The van der Waals surface area contributed by atoms with Gasteiger partial charge in [0.2, 0.25) is 5.91 Å². The normalized spacial score (nSPS) is 15.8. The van der Waals surface area contributed by atoms with E-state index in [4.69, 9.17) is 5.73 Å². The Hall–Kier alpha value is -3.85. The molecule has 0 radical (unpaired) electrons. The highest BCUT2D eigenvalue weighted by Crippen LogP contribution is 2.37. The third-order valence-electron chi connectivity index (χ3n) is 7.86. The highest BCUT2D eigenvalue weighted by atomic mass is 19.1. The topological polar surface area (TPSA) is 89.1 Å². The Morgan fingerprint density at radius 2 is 1.95 bits per heavy atom. The lowest BCUT2D eigenvalue weighted by Crippen LogP contribution is -2.30. The fourth-order valence-electron chi connectivity index (χ4n) is 5.79. The average Bonchev–Trinajstić information content (AvgIpc) is 3.52. The summed E-state index contributed by atoms with van der Waals surface area (Å²) in [5.74, 6) is -0.251. The van der Waals surface area contributed by atoms with Crippen LogP contribution in [-0.4, -0.2) is 40.1 Å². The number of fused-ring (bicyclic) bond motifs is 2. The van der Waals surface area contributed by atoms with Gasteiger partial charge in [-0.25, -0.2) is 18.7 Å². The Morgan fingerprint density at radius 3 is 2.79 bits per heavy atom. The van der Waals surface area contributed by atoms with Crippen LogP contribution in [0.25, 0.3) is 22.2 Å². The van der Waals surface area contributed by atoms with Gasteiger partial charge in [-0.15, -0.1) is 0 Å². The van der Waals surface area contributed by atoms with Crippen molar-refractivity contribution in [3.8, 4) is 11.1 Å². The van der Waals surface area contributed by atoms with Crippen LogP contribution in [0.2, 0.25) is 0 Å². The number of carbonyl (C=O) groups is 1. The lowest BCUT2D eigenvalue weighted by atomic mass is 9.95. The number of nitrogens with two attached hydrogens (primary N) is 1. The number of benzene rings is 2. The smallest absolute Gasteiger partial charge is 0.231 e. The van der Waals surface area contributed by atoms with Crippen LogP contribution in [0.15, 0.2) is 48.9 Å². The number of hydrogen-bond acceptors (Lipinski definition) is 5. The Morgan fingerprint density at radius 1 is 1.11 bits per heavy atom. The summed E-state index contributed by atoms with van der Waals surface area (Å²) in [5, 5.41) is 4.26. The van der Waals surface area contributed by atoms with Gasteiger partial charge in [0.05, 0.1) is 11.8 Å². The number of piperidine rings is 1. The van der Waals surface area contributed by atoms with E-state index in [0.29, 0.717) is 24.7 Å². The number of halogens is 2. The lowest BCUT2D eigenvalue weighted by molar-refractivity contribution is -0.117. The summed E-state index contributed by atoms with van der Waals surface area (Å²) < 4.78 is 29.9. The van der Waals surface area contributed by atoms with Crippen molar-refractivity contribution in [1.29, 1.82) is 0 Å². The molecule has 2 aromatic carbocycles. The molecule has 0 spiro atoms. The second-order valence-electron chi connectivity index (χ2n) is 10.2. The van der Waals surface area contributed by atoms with Gasteiger partial charge in [0.1, 0.15) is 29.4 Å². The van der Waals surface area contributed by atoms with E-state index in [1.807, 2.05) is 12.1 Å². The maximum atomic E-state index is 14.1. The molecule has 6 rings (SSSR count). The van der Waals surface area contributed by atoms with Gasteiger partial charge in [-0.05, 0) is 86.1 Å². The maximum absolute atomic E-state index is 14.1. The van der Waals surface area contributed by atoms with Crippen molar-refractivity contribution in [3.05, 3.63) is 71.7 Å². The number of aromatic nitrogens is 3. The van der Waals surface area contributed by atoms with Crippen LogP contribution >= 0.6 is 0 Å². The highest BCUT2D eigenvalue weighted by molar-refractivity contribution is 6.02. The van der Waals surface area contributed by atoms with Gasteiger partial charge in [-0.1, -0.05) is 6.07 Å². The first kappa shape index (κ1) is 24.5. The number of nitrogens with zero attached hydrogens (tertiary/aromatic N) is 4. The number of nitrogens with one attached hydrogen (secondary N) is 1. The third kappa shape index (κ3) is 4.62. The van der Waals surface area contributed by atoms with Gasteiger partial charge in [-0.3, -0.25) is 4.79 Å². The number of hydrogen-bond donors (Lipinski definition) is 2. The predicted octanol–water partition coefficient (Wildman–Crippen LogP) is 4.48. The molecule has 2 aliphatic rings. The van der Waals surface area contributed by atoms with Crippen LogP contribution in [0.1, 0.15) is 30.4 Å². The van der Waals surface area contributed by atoms with Gasteiger partial charge in [0.25, 0.3) is 0 Å². The number of amides is 1. The van der Waals surface area contributed by atoms with Crippen molar-refractivity contribution in [2.45, 2.75) is 38.6 Å². The van der Waals surface area contributed by atoms with E-state index in [2.05, 4.69) is 32.1 Å². The van der Waals surface area contributed by atoms with Gasteiger partial charge in [-0.2, -0.15) is 0 Å². The molecule has 4 heterocycles. The van der Waals surface area contributed by atoms with E-state index in [1.165, 1.54) is 19.2 Å². The van der Waals surface area contributed by atoms with Gasteiger partial charge >= 0.3 is 0 Å². The molecule has 38 heavy (non-hydrogen) atoms. The first-order chi connectivity index (χ1) is 18.5. The zero-order valence-corrected chi connectivity index (χ0v) is 21.1. The molecule has 1 saturated heterocycles. The summed E-state index contributed by atoms with van der Waals surface area (Å²) in [6.45, 7) is 3.51. The molecule has 0 bridgehead atoms. The summed E-state index contributed by atoms with van der Waals surface area (Å²) >= 11 is 0. The fourth-order valence-corrected chi connectivity index (χ4v) is 5.79. The fraction of sp³-hybridized carbons (Fsp3) is 0.345. The van der Waals surface area contributed by atoms with E-state index in [0.717, 1.165) is 77.7 Å². The molecule has 3 N–H and O–H groups in total. The van der Waals surface area contributed by atoms with E-state index in [-0.39, 0.29) is 17.9 Å². The largest absolute Gasteiger partial charge is 0.383 e. The first-order valence-electron chi connectivity index (χ1n) is 13.2. The van der Waals surface area contributed by atoms with Crippen LogP contribution in [0.3, 0.4) is 0 Å². The van der Waals surface area contributed by atoms with E-state index < -0.39 is 11.6 Å². The summed E-state index contributed by atoms with van der Waals surface area (Å²) in [5.41, 5.74) is 11.0. The standard InChI is InChI=1S/C29H30F2N6O/c30-22-2-3-24(31)21(14-22)15-26(38)37-12-8-20-13-19(1-4-25(20)37)23-16-36(11-7-18-5-9-33-10-6-18)29-27(23)28(32)34-17-35-29/h1-4,13-14,16-18,33H,5-12,15H2,(H2,32,34,35). The van der Waals surface area contributed by atoms with Crippen LogP contribution in [0, 0.1) is 17.6 Å². The molecule has 0 aliphatic carbocycles. The lowest BCUT2D eigenvalue weighted by Gasteiger charge is -2.22. The first-order valence-corrected chi connectivity index (χ1v) is 13.2. The van der Waals surface area contributed by atoms with Crippen LogP contribution < -0.4 is 16.0 Å². The molecule has 0 unspecified atom stereocenters. The predicted molar refractivity (Wildman–Crippen MR) is 144 cm³/mol. The Kier molecular flexibility index (Phi) is 6.53. The van der Waals surface area contributed by atoms with Crippen molar-refractivity contribution in [1.82, 2.24) is 19.9 Å². The minimum absolute atomic E-state index is 0.0628. The van der Waals surface area contributed by atoms with Gasteiger partial charge in [0, 0.05) is 36.1 Å². The monoisotopic (exact) mass is 516 g/mol. The molecule has 2 aliphatic heterocycles. The summed E-state index contributed by atoms with van der Waals surface area (Å²) in [7, 11) is 0. The molecule has 9 heteroatoms. The number of carbonyl (C=O) groups excluding carboxylic acids is 1. The zero-order valence-electron chi connectivity index (χ0n) is 21.1. The van der Waals surface area contributed by atoms with Crippen molar-refractivity contribution >= 4 is 28.4 Å². The van der Waals surface area contributed by atoms with Gasteiger partial charge < -0.3 is 20.5 Å². The number of rotatable bonds is 6. The van der Waals surface area contributed by atoms with Crippen LogP contribution in [0.5, 0.6) is 0 Å². The molecule has 0 atom stereocenters. The molecule has 7 nitrogen and oxygen atoms in total. The van der Waals surface area contributed by atoms with Crippen molar-refractivity contribution in [2.75, 3.05) is 30.3 Å². The van der Waals surface area contributed by atoms with Gasteiger partial charge in [0.15, 0.2) is 0 Å². The Labute approximate surface area is 219 Å². The minimum Gasteiger partial charge on any atom is -0.383 e. The second-order valence-corrected chi connectivity index (χ2v) is 10.2. The number of anilines is 2. The highest BCUT2D eigenvalue weighted by Gasteiger charge is 2.27.